The van der Waals surface area contributed by atoms with Crippen LogP contribution in [0.4, 0.5) is 5.69 Å². The molecule has 0 fully saturated rings. The SMILES string of the molecule is COc1cccc(N2N=C(Cc3ncc[nH]3)CC2=O)c1. The van der Waals surface area contributed by atoms with E-state index in [9.17, 15) is 4.79 Å². The van der Waals surface area contributed by atoms with Crippen molar-refractivity contribution in [1.29, 1.82) is 0 Å². The number of ether oxygens (including phenoxy) is 1. The number of aromatic amines is 1. The van der Waals surface area contributed by atoms with Crippen LogP contribution in [0.2, 0.25) is 0 Å². The maximum absolute atomic E-state index is 12.1. The first-order valence-corrected chi connectivity index (χ1v) is 6.28. The van der Waals surface area contributed by atoms with Crippen LogP contribution in [0.3, 0.4) is 0 Å². The zero-order valence-corrected chi connectivity index (χ0v) is 11.0. The smallest absolute Gasteiger partial charge is 0.253 e. The second-order valence-electron chi connectivity index (χ2n) is 4.46. The molecule has 2 aromatic rings. The van der Waals surface area contributed by atoms with E-state index in [1.54, 1.807) is 25.6 Å². The van der Waals surface area contributed by atoms with Gasteiger partial charge in [-0.15, -0.1) is 0 Å². The molecule has 1 amide bonds. The third-order valence-electron chi connectivity index (χ3n) is 3.06. The van der Waals surface area contributed by atoms with Crippen molar-refractivity contribution in [2.75, 3.05) is 12.1 Å². The van der Waals surface area contributed by atoms with Crippen LogP contribution in [0.1, 0.15) is 12.2 Å². The van der Waals surface area contributed by atoms with Gasteiger partial charge in [0.05, 0.1) is 24.9 Å². The molecular formula is C14H14N4O2. The van der Waals surface area contributed by atoms with Crippen LogP contribution >= 0.6 is 0 Å². The Labute approximate surface area is 116 Å². The summed E-state index contributed by atoms with van der Waals surface area (Å²) in [6.45, 7) is 0. The van der Waals surface area contributed by atoms with Crippen LogP contribution in [0.5, 0.6) is 5.75 Å². The Morgan fingerprint density at radius 3 is 3.10 bits per heavy atom. The number of benzene rings is 1. The summed E-state index contributed by atoms with van der Waals surface area (Å²) in [7, 11) is 1.59. The monoisotopic (exact) mass is 270 g/mol. The molecule has 0 saturated heterocycles. The molecule has 6 nitrogen and oxygen atoms in total. The van der Waals surface area contributed by atoms with Crippen molar-refractivity contribution >= 4 is 17.3 Å². The van der Waals surface area contributed by atoms with Gasteiger partial charge in [-0.1, -0.05) is 6.07 Å². The summed E-state index contributed by atoms with van der Waals surface area (Å²) in [5, 5.41) is 5.79. The van der Waals surface area contributed by atoms with E-state index >= 15 is 0 Å². The summed E-state index contributed by atoms with van der Waals surface area (Å²) in [6.07, 6.45) is 4.32. The summed E-state index contributed by atoms with van der Waals surface area (Å²) >= 11 is 0. The average molecular weight is 270 g/mol. The molecule has 20 heavy (non-hydrogen) atoms. The minimum Gasteiger partial charge on any atom is -0.497 e. The maximum Gasteiger partial charge on any atom is 0.253 e. The van der Waals surface area contributed by atoms with Crippen LogP contribution in [0.25, 0.3) is 0 Å². The fourth-order valence-corrected chi connectivity index (χ4v) is 2.11. The summed E-state index contributed by atoms with van der Waals surface area (Å²) in [4.78, 5) is 19.2. The molecule has 0 bridgehead atoms. The van der Waals surface area contributed by atoms with Gasteiger partial charge < -0.3 is 9.72 Å². The number of methoxy groups -OCH3 is 1. The van der Waals surface area contributed by atoms with Gasteiger partial charge in [-0.3, -0.25) is 4.79 Å². The first kappa shape index (κ1) is 12.4. The Kier molecular flexibility index (Phi) is 3.20. The molecule has 0 saturated carbocycles. The van der Waals surface area contributed by atoms with Gasteiger partial charge in [-0.05, 0) is 12.1 Å². The number of carbonyl (C=O) groups is 1. The first-order chi connectivity index (χ1) is 9.76. The van der Waals surface area contributed by atoms with Gasteiger partial charge in [-0.25, -0.2) is 9.99 Å². The summed E-state index contributed by atoms with van der Waals surface area (Å²) in [5.74, 6) is 1.47. The quantitative estimate of drug-likeness (QED) is 0.920. The Bertz CT molecular complexity index is 649. The third kappa shape index (κ3) is 2.40. The number of rotatable bonds is 4. The molecule has 102 valence electrons. The number of hydrogen-bond acceptors (Lipinski definition) is 4. The van der Waals surface area contributed by atoms with Crippen LogP contribution in [0.15, 0.2) is 41.8 Å². The lowest BCUT2D eigenvalue weighted by molar-refractivity contribution is -0.116. The fourth-order valence-electron chi connectivity index (χ4n) is 2.11. The number of amides is 1. The Balaban J connectivity index is 1.82. The van der Waals surface area contributed by atoms with E-state index in [2.05, 4.69) is 15.1 Å². The molecule has 1 aliphatic rings. The number of imidazole rings is 1. The first-order valence-electron chi connectivity index (χ1n) is 6.28. The van der Waals surface area contributed by atoms with Crippen molar-refractivity contribution in [2.45, 2.75) is 12.8 Å². The number of carbonyl (C=O) groups excluding carboxylic acids is 1. The van der Waals surface area contributed by atoms with Gasteiger partial charge in [0.2, 0.25) is 0 Å². The predicted molar refractivity (Wildman–Crippen MR) is 74.8 cm³/mol. The highest BCUT2D eigenvalue weighted by molar-refractivity contribution is 6.13. The van der Waals surface area contributed by atoms with Crippen LogP contribution < -0.4 is 9.75 Å². The summed E-state index contributed by atoms with van der Waals surface area (Å²) in [5.41, 5.74) is 1.51. The highest BCUT2D eigenvalue weighted by Crippen LogP contribution is 2.25. The molecule has 0 unspecified atom stereocenters. The number of nitrogens with zero attached hydrogens (tertiary/aromatic N) is 3. The Hall–Kier alpha value is -2.63. The molecule has 2 heterocycles. The molecule has 1 aliphatic heterocycles. The van der Waals surface area contributed by atoms with E-state index in [1.165, 1.54) is 5.01 Å². The molecule has 0 aliphatic carbocycles. The number of nitrogens with one attached hydrogen (secondary N) is 1. The molecule has 0 radical (unpaired) electrons. The van der Waals surface area contributed by atoms with Crippen molar-refractivity contribution in [1.82, 2.24) is 9.97 Å². The van der Waals surface area contributed by atoms with Crippen molar-refractivity contribution in [3.05, 3.63) is 42.5 Å². The summed E-state index contributed by atoms with van der Waals surface area (Å²) in [6, 6.07) is 7.29. The van der Waals surface area contributed by atoms with E-state index in [4.69, 9.17) is 4.74 Å². The van der Waals surface area contributed by atoms with Crippen molar-refractivity contribution in [3.8, 4) is 5.75 Å². The summed E-state index contributed by atoms with van der Waals surface area (Å²) < 4.78 is 5.16. The van der Waals surface area contributed by atoms with E-state index in [1.807, 2.05) is 18.2 Å². The standard InChI is InChI=1S/C14H14N4O2/c1-20-12-4-2-3-11(9-12)18-14(19)8-10(17-18)7-13-15-5-6-16-13/h2-6,9H,7-8H2,1H3,(H,15,16). The normalized spacial score (nSPS) is 14.6. The van der Waals surface area contributed by atoms with E-state index in [0.717, 1.165) is 11.5 Å². The number of H-pyrrole nitrogens is 1. The lowest BCUT2D eigenvalue weighted by atomic mass is 10.2. The zero-order chi connectivity index (χ0) is 13.9. The van der Waals surface area contributed by atoms with Crippen LogP contribution in [-0.4, -0.2) is 28.7 Å². The Morgan fingerprint density at radius 1 is 1.45 bits per heavy atom. The second kappa shape index (κ2) is 5.16. The largest absolute Gasteiger partial charge is 0.497 e. The van der Waals surface area contributed by atoms with Crippen molar-refractivity contribution < 1.29 is 9.53 Å². The van der Waals surface area contributed by atoms with Gasteiger partial charge in [0.1, 0.15) is 11.6 Å². The third-order valence-corrected chi connectivity index (χ3v) is 3.06. The Morgan fingerprint density at radius 2 is 2.35 bits per heavy atom. The highest BCUT2D eigenvalue weighted by Gasteiger charge is 2.25. The molecular weight excluding hydrogens is 256 g/mol. The van der Waals surface area contributed by atoms with Gasteiger partial charge in [0.25, 0.3) is 5.91 Å². The lowest BCUT2D eigenvalue weighted by Crippen LogP contribution is -2.19. The molecule has 0 atom stereocenters. The molecule has 1 N–H and O–H groups in total. The fraction of sp³-hybridized carbons (Fsp3) is 0.214. The molecule has 1 aromatic heterocycles. The maximum atomic E-state index is 12.1. The highest BCUT2D eigenvalue weighted by atomic mass is 16.5. The van der Waals surface area contributed by atoms with Gasteiger partial charge in [0, 0.05) is 24.9 Å². The zero-order valence-electron chi connectivity index (χ0n) is 11.0. The number of anilines is 1. The molecule has 1 aromatic carbocycles. The molecule has 6 heteroatoms. The van der Waals surface area contributed by atoms with E-state index < -0.39 is 0 Å². The van der Waals surface area contributed by atoms with Gasteiger partial charge in [-0.2, -0.15) is 5.10 Å². The van der Waals surface area contributed by atoms with Crippen molar-refractivity contribution in [3.63, 3.8) is 0 Å². The van der Waals surface area contributed by atoms with E-state index in [-0.39, 0.29) is 5.91 Å². The van der Waals surface area contributed by atoms with Crippen LogP contribution in [-0.2, 0) is 11.2 Å². The predicted octanol–water partition coefficient (Wildman–Crippen LogP) is 1.75. The number of aromatic nitrogens is 2. The minimum atomic E-state index is -0.0418. The van der Waals surface area contributed by atoms with Gasteiger partial charge >= 0.3 is 0 Å². The number of hydrazone groups is 1. The second-order valence-corrected chi connectivity index (χ2v) is 4.46. The minimum absolute atomic E-state index is 0.0418. The van der Waals surface area contributed by atoms with E-state index in [0.29, 0.717) is 24.3 Å². The number of hydrogen-bond donors (Lipinski definition) is 1. The van der Waals surface area contributed by atoms with Gasteiger partial charge in [0.15, 0.2) is 0 Å². The average Bonchev–Trinajstić information content (AvgIpc) is 3.09. The topological polar surface area (TPSA) is 70.6 Å². The molecule has 3 rings (SSSR count). The lowest BCUT2D eigenvalue weighted by Gasteiger charge is -2.12. The molecule has 0 spiro atoms. The van der Waals surface area contributed by atoms with Crippen LogP contribution in [0, 0.1) is 0 Å². The van der Waals surface area contributed by atoms with Crippen molar-refractivity contribution in [2.24, 2.45) is 5.10 Å².